The first-order valence-corrected chi connectivity index (χ1v) is 3.83. The second kappa shape index (κ2) is 2.64. The van der Waals surface area contributed by atoms with E-state index >= 15 is 0 Å². The van der Waals surface area contributed by atoms with Crippen LogP contribution >= 0.6 is 0 Å². The maximum absolute atomic E-state index is 8.98. The van der Waals surface area contributed by atoms with Crippen molar-refractivity contribution >= 4 is 10.9 Å². The average molecular weight is 160 g/mol. The van der Waals surface area contributed by atoms with Gasteiger partial charge in [-0.05, 0) is 18.6 Å². The second-order valence-electron chi connectivity index (χ2n) is 2.78. The van der Waals surface area contributed by atoms with Crippen LogP contribution in [0, 0.1) is 6.92 Å². The van der Waals surface area contributed by atoms with Crippen molar-refractivity contribution in [1.82, 2.24) is 4.57 Å². The van der Waals surface area contributed by atoms with E-state index in [2.05, 4.69) is 6.92 Å². The lowest BCUT2D eigenvalue weighted by atomic mass is 10.2. The molecule has 1 heterocycles. The molecule has 2 nitrogen and oxygen atoms in total. The van der Waals surface area contributed by atoms with Crippen molar-refractivity contribution in [3.8, 4) is 0 Å². The molecule has 1 aromatic carbocycles. The van der Waals surface area contributed by atoms with E-state index in [-0.39, 0.29) is 6.73 Å². The number of para-hydroxylation sites is 1. The van der Waals surface area contributed by atoms with Gasteiger partial charge >= 0.3 is 0 Å². The molecule has 0 spiro atoms. The number of aliphatic hydroxyl groups is 1. The molecule has 0 aliphatic rings. The number of nitrogens with zero attached hydrogens (tertiary/aromatic N) is 1. The van der Waals surface area contributed by atoms with Gasteiger partial charge in [-0.1, -0.05) is 18.2 Å². The van der Waals surface area contributed by atoms with Gasteiger partial charge in [-0.2, -0.15) is 0 Å². The van der Waals surface area contributed by atoms with Gasteiger partial charge in [0.1, 0.15) is 6.73 Å². The first-order valence-electron chi connectivity index (χ1n) is 3.83. The SMILES string of the molecule is [CH2]c1cn(CO)c2ccccc12. The van der Waals surface area contributed by atoms with Crippen LogP contribution in [0.25, 0.3) is 10.9 Å². The number of hydrogen-bond donors (Lipinski definition) is 1. The lowest BCUT2D eigenvalue weighted by molar-refractivity contribution is 0.215. The summed E-state index contributed by atoms with van der Waals surface area (Å²) in [6, 6.07) is 7.90. The molecule has 0 aliphatic heterocycles. The minimum atomic E-state index is 0.00995. The Bertz CT molecular complexity index is 403. The Hall–Kier alpha value is -1.28. The zero-order valence-electron chi connectivity index (χ0n) is 6.70. The number of hydrogen-bond acceptors (Lipinski definition) is 1. The fourth-order valence-corrected chi connectivity index (χ4v) is 1.44. The zero-order chi connectivity index (χ0) is 8.55. The Morgan fingerprint density at radius 3 is 2.83 bits per heavy atom. The van der Waals surface area contributed by atoms with E-state index in [0.717, 1.165) is 16.5 Å². The highest BCUT2D eigenvalue weighted by Crippen LogP contribution is 2.19. The zero-order valence-corrected chi connectivity index (χ0v) is 6.70. The van der Waals surface area contributed by atoms with Crippen molar-refractivity contribution in [2.24, 2.45) is 0 Å². The van der Waals surface area contributed by atoms with Crippen LogP contribution < -0.4 is 0 Å². The summed E-state index contributed by atoms with van der Waals surface area (Å²) in [6.45, 7) is 3.90. The molecule has 1 radical (unpaired) electrons. The van der Waals surface area contributed by atoms with Crippen LogP contribution in [0.4, 0.5) is 0 Å². The van der Waals surface area contributed by atoms with Gasteiger partial charge in [0.2, 0.25) is 0 Å². The summed E-state index contributed by atoms with van der Waals surface area (Å²) in [5.41, 5.74) is 1.99. The van der Waals surface area contributed by atoms with Gasteiger partial charge in [0.15, 0.2) is 0 Å². The largest absolute Gasteiger partial charge is 0.376 e. The Morgan fingerprint density at radius 2 is 2.08 bits per heavy atom. The van der Waals surface area contributed by atoms with E-state index < -0.39 is 0 Å². The minimum absolute atomic E-state index is 0.00995. The fraction of sp³-hybridized carbons (Fsp3) is 0.100. The number of rotatable bonds is 1. The lowest BCUT2D eigenvalue weighted by Gasteiger charge is -1.97. The third kappa shape index (κ3) is 0.924. The van der Waals surface area contributed by atoms with Crippen molar-refractivity contribution in [3.05, 3.63) is 42.9 Å². The molecule has 2 rings (SSSR count). The number of aromatic nitrogens is 1. The maximum atomic E-state index is 8.98. The van der Waals surface area contributed by atoms with E-state index in [9.17, 15) is 0 Å². The molecular weight excluding hydrogens is 150 g/mol. The lowest BCUT2D eigenvalue weighted by Crippen LogP contribution is -1.92. The van der Waals surface area contributed by atoms with E-state index in [4.69, 9.17) is 5.11 Å². The predicted octanol–water partition coefficient (Wildman–Crippen LogP) is 1.77. The molecule has 2 heteroatoms. The van der Waals surface area contributed by atoms with Crippen LogP contribution in [-0.2, 0) is 6.73 Å². The summed E-state index contributed by atoms with van der Waals surface area (Å²) in [5, 5.41) is 10.1. The number of aliphatic hydroxyl groups excluding tert-OH is 1. The van der Waals surface area contributed by atoms with Gasteiger partial charge in [0.05, 0.1) is 5.52 Å². The van der Waals surface area contributed by atoms with Gasteiger partial charge in [-0.25, -0.2) is 0 Å². The molecule has 0 unspecified atom stereocenters. The highest BCUT2D eigenvalue weighted by Gasteiger charge is 2.01. The van der Waals surface area contributed by atoms with Crippen LogP contribution in [0.3, 0.4) is 0 Å². The van der Waals surface area contributed by atoms with E-state index in [1.54, 1.807) is 4.57 Å². The average Bonchev–Trinajstić information content (AvgIpc) is 2.44. The Kier molecular flexibility index (Phi) is 1.62. The van der Waals surface area contributed by atoms with E-state index in [0.29, 0.717) is 0 Å². The Labute approximate surface area is 71.1 Å². The van der Waals surface area contributed by atoms with Gasteiger partial charge < -0.3 is 9.67 Å². The summed E-state index contributed by atoms with van der Waals surface area (Å²) in [6.07, 6.45) is 1.85. The molecule has 0 amide bonds. The molecule has 61 valence electrons. The summed E-state index contributed by atoms with van der Waals surface area (Å²) in [4.78, 5) is 0. The minimum Gasteiger partial charge on any atom is -0.376 e. The summed E-state index contributed by atoms with van der Waals surface area (Å²) < 4.78 is 1.78. The fourth-order valence-electron chi connectivity index (χ4n) is 1.44. The monoisotopic (exact) mass is 160 g/mol. The quantitative estimate of drug-likeness (QED) is 0.675. The molecule has 1 N–H and O–H groups in total. The van der Waals surface area contributed by atoms with Crippen molar-refractivity contribution in [2.45, 2.75) is 6.73 Å². The highest BCUT2D eigenvalue weighted by molar-refractivity contribution is 5.84. The first kappa shape index (κ1) is 7.37. The van der Waals surface area contributed by atoms with Gasteiger partial charge in [-0.3, -0.25) is 0 Å². The molecule has 2 aromatic rings. The highest BCUT2D eigenvalue weighted by atomic mass is 16.3. The summed E-state index contributed by atoms with van der Waals surface area (Å²) in [7, 11) is 0. The van der Waals surface area contributed by atoms with E-state index in [1.807, 2.05) is 30.5 Å². The Balaban J connectivity index is 2.82. The maximum Gasteiger partial charge on any atom is 0.119 e. The Morgan fingerprint density at radius 1 is 1.33 bits per heavy atom. The van der Waals surface area contributed by atoms with Crippen molar-refractivity contribution < 1.29 is 5.11 Å². The van der Waals surface area contributed by atoms with Crippen LogP contribution in [0.1, 0.15) is 5.56 Å². The topological polar surface area (TPSA) is 25.2 Å². The molecule has 0 saturated carbocycles. The van der Waals surface area contributed by atoms with Gasteiger partial charge in [-0.15, -0.1) is 0 Å². The molecule has 12 heavy (non-hydrogen) atoms. The number of benzene rings is 1. The number of fused-ring (bicyclic) bond motifs is 1. The second-order valence-corrected chi connectivity index (χ2v) is 2.78. The smallest absolute Gasteiger partial charge is 0.119 e. The van der Waals surface area contributed by atoms with Crippen LogP contribution in [0.2, 0.25) is 0 Å². The molecule has 0 aliphatic carbocycles. The summed E-state index contributed by atoms with van der Waals surface area (Å²) in [5.74, 6) is 0. The first-order chi connectivity index (χ1) is 5.83. The standard InChI is InChI=1S/C10H10NO/c1-8-6-11(7-12)10-5-3-2-4-9(8)10/h2-6,12H,1,7H2. The van der Waals surface area contributed by atoms with Gasteiger partial charge in [0, 0.05) is 11.6 Å². The van der Waals surface area contributed by atoms with Crippen LogP contribution in [-0.4, -0.2) is 9.67 Å². The predicted molar refractivity (Wildman–Crippen MR) is 48.6 cm³/mol. The van der Waals surface area contributed by atoms with Crippen LogP contribution in [0.15, 0.2) is 30.5 Å². The molecule has 0 saturated heterocycles. The van der Waals surface area contributed by atoms with E-state index in [1.165, 1.54) is 0 Å². The van der Waals surface area contributed by atoms with Crippen molar-refractivity contribution in [1.29, 1.82) is 0 Å². The molecular formula is C10H10NO. The normalized spacial score (nSPS) is 10.8. The van der Waals surface area contributed by atoms with Crippen molar-refractivity contribution in [2.75, 3.05) is 0 Å². The third-order valence-corrected chi connectivity index (χ3v) is 2.02. The third-order valence-electron chi connectivity index (χ3n) is 2.02. The van der Waals surface area contributed by atoms with Crippen molar-refractivity contribution in [3.63, 3.8) is 0 Å². The van der Waals surface area contributed by atoms with Crippen LogP contribution in [0.5, 0.6) is 0 Å². The molecule has 0 atom stereocenters. The molecule has 0 bridgehead atoms. The summed E-state index contributed by atoms with van der Waals surface area (Å²) >= 11 is 0. The molecule has 0 fully saturated rings. The molecule has 1 aromatic heterocycles. The van der Waals surface area contributed by atoms with Gasteiger partial charge in [0.25, 0.3) is 0 Å².